The van der Waals surface area contributed by atoms with Crippen LogP contribution >= 0.6 is 23.2 Å². The Morgan fingerprint density at radius 2 is 1.78 bits per heavy atom. The Balaban J connectivity index is 1.90. The van der Waals surface area contributed by atoms with Crippen molar-refractivity contribution in [2.45, 2.75) is 59.8 Å². The summed E-state index contributed by atoms with van der Waals surface area (Å²) in [5.74, 6) is 2.75. The van der Waals surface area contributed by atoms with Gasteiger partial charge < -0.3 is 9.80 Å². The molecule has 7 heteroatoms. The van der Waals surface area contributed by atoms with Crippen LogP contribution in [0.5, 0.6) is 0 Å². The van der Waals surface area contributed by atoms with Gasteiger partial charge in [0.2, 0.25) is 5.91 Å². The highest BCUT2D eigenvalue weighted by Gasteiger charge is 2.26. The summed E-state index contributed by atoms with van der Waals surface area (Å²) >= 11 is 12.6. The SMILES string of the molecule is CC[C@@H](C)c1nc(C)c(Cc2ccc(Cl)cc2Cl)c(N2CCN(C(=O)CC(C)C)CC2)n1. The lowest BCUT2D eigenvalue weighted by atomic mass is 10.0. The average Bonchev–Trinajstić information content (AvgIpc) is 2.75. The smallest absolute Gasteiger partial charge is 0.222 e. The minimum atomic E-state index is 0.243. The normalized spacial score (nSPS) is 15.4. The fourth-order valence-corrected chi connectivity index (χ4v) is 4.45. The summed E-state index contributed by atoms with van der Waals surface area (Å²) in [6.07, 6.45) is 2.23. The number of hydrogen-bond acceptors (Lipinski definition) is 4. The van der Waals surface area contributed by atoms with E-state index in [1.165, 1.54) is 0 Å². The molecule has 0 N–H and O–H groups in total. The van der Waals surface area contributed by atoms with Crippen LogP contribution in [0.15, 0.2) is 18.2 Å². The van der Waals surface area contributed by atoms with Gasteiger partial charge in [0.1, 0.15) is 11.6 Å². The Morgan fingerprint density at radius 1 is 1.09 bits per heavy atom. The van der Waals surface area contributed by atoms with E-state index in [9.17, 15) is 4.79 Å². The van der Waals surface area contributed by atoms with E-state index >= 15 is 0 Å². The van der Waals surface area contributed by atoms with Crippen molar-refractivity contribution in [1.29, 1.82) is 0 Å². The van der Waals surface area contributed by atoms with E-state index in [0.717, 1.165) is 48.0 Å². The van der Waals surface area contributed by atoms with Gasteiger partial charge in [-0.05, 0) is 37.0 Å². The number of anilines is 1. The third-order valence-corrected chi connectivity index (χ3v) is 6.75. The summed E-state index contributed by atoms with van der Waals surface area (Å²) in [6.45, 7) is 13.5. The molecule has 1 aliphatic heterocycles. The first-order chi connectivity index (χ1) is 15.2. The number of aromatic nitrogens is 2. The van der Waals surface area contributed by atoms with E-state index in [-0.39, 0.29) is 11.8 Å². The van der Waals surface area contributed by atoms with Crippen LogP contribution in [-0.4, -0.2) is 47.0 Å². The van der Waals surface area contributed by atoms with Gasteiger partial charge >= 0.3 is 0 Å². The quantitative estimate of drug-likeness (QED) is 0.499. The Morgan fingerprint density at radius 3 is 2.38 bits per heavy atom. The highest BCUT2D eigenvalue weighted by molar-refractivity contribution is 6.35. The van der Waals surface area contributed by atoms with Gasteiger partial charge in [-0.2, -0.15) is 0 Å². The van der Waals surface area contributed by atoms with Gasteiger partial charge in [0, 0.05) is 66.2 Å². The van der Waals surface area contributed by atoms with Crippen LogP contribution < -0.4 is 4.90 Å². The van der Waals surface area contributed by atoms with Gasteiger partial charge in [0.15, 0.2) is 0 Å². The van der Waals surface area contributed by atoms with E-state index < -0.39 is 0 Å². The molecule has 5 nitrogen and oxygen atoms in total. The zero-order valence-corrected chi connectivity index (χ0v) is 21.3. The third kappa shape index (κ3) is 5.93. The maximum Gasteiger partial charge on any atom is 0.222 e. The van der Waals surface area contributed by atoms with Gasteiger partial charge in [-0.3, -0.25) is 4.79 Å². The second-order valence-electron chi connectivity index (χ2n) is 9.16. The van der Waals surface area contributed by atoms with Crippen molar-refractivity contribution in [3.05, 3.63) is 50.9 Å². The predicted octanol–water partition coefficient (Wildman–Crippen LogP) is 5.89. The number of amides is 1. The van der Waals surface area contributed by atoms with Crippen molar-refractivity contribution >= 4 is 34.9 Å². The van der Waals surface area contributed by atoms with Crippen LogP contribution in [0.4, 0.5) is 5.82 Å². The predicted molar refractivity (Wildman–Crippen MR) is 133 cm³/mol. The van der Waals surface area contributed by atoms with Crippen LogP contribution in [0.1, 0.15) is 69.1 Å². The summed E-state index contributed by atoms with van der Waals surface area (Å²) in [6, 6.07) is 5.62. The molecule has 1 atom stereocenters. The van der Waals surface area contributed by atoms with Crippen molar-refractivity contribution in [3.63, 3.8) is 0 Å². The molecule has 1 amide bonds. The number of halogens is 2. The molecule has 32 heavy (non-hydrogen) atoms. The number of carbonyl (C=O) groups is 1. The molecule has 2 heterocycles. The largest absolute Gasteiger partial charge is 0.353 e. The van der Waals surface area contributed by atoms with Gasteiger partial charge in [-0.15, -0.1) is 0 Å². The number of piperazine rings is 1. The summed E-state index contributed by atoms with van der Waals surface area (Å²) in [5.41, 5.74) is 3.07. The molecule has 3 rings (SSSR count). The van der Waals surface area contributed by atoms with Gasteiger partial charge in [-0.25, -0.2) is 9.97 Å². The molecule has 1 aromatic heterocycles. The second kappa shape index (κ2) is 10.8. The summed E-state index contributed by atoms with van der Waals surface area (Å²) in [4.78, 5) is 26.7. The monoisotopic (exact) mass is 476 g/mol. The lowest BCUT2D eigenvalue weighted by molar-refractivity contribution is -0.132. The first kappa shape index (κ1) is 24.8. The Hall–Kier alpha value is -1.85. The topological polar surface area (TPSA) is 49.3 Å². The van der Waals surface area contributed by atoms with Gasteiger partial charge in [0.05, 0.1) is 0 Å². The molecule has 1 aromatic carbocycles. The fourth-order valence-electron chi connectivity index (χ4n) is 3.98. The standard InChI is InChI=1S/C25H34Cl2N4O/c1-6-17(4)24-28-18(5)21(14-19-7-8-20(26)15-22(19)27)25(29-24)31-11-9-30(10-12-31)23(32)13-16(2)3/h7-8,15-17H,6,9-14H2,1-5H3/t17-/m1/s1. The first-order valence-electron chi connectivity index (χ1n) is 11.5. The summed E-state index contributed by atoms with van der Waals surface area (Å²) in [7, 11) is 0. The molecule has 0 saturated carbocycles. The zero-order chi connectivity index (χ0) is 23.4. The molecule has 2 aromatic rings. The Bertz CT molecular complexity index is 955. The number of hydrogen-bond donors (Lipinski definition) is 0. The molecule has 1 fully saturated rings. The van der Waals surface area contributed by atoms with Crippen LogP contribution in [0.25, 0.3) is 0 Å². The molecule has 0 unspecified atom stereocenters. The van der Waals surface area contributed by atoms with Crippen LogP contribution in [0.2, 0.25) is 10.0 Å². The highest BCUT2D eigenvalue weighted by Crippen LogP contribution is 2.30. The van der Waals surface area contributed by atoms with Crippen molar-refractivity contribution < 1.29 is 4.79 Å². The number of benzene rings is 1. The zero-order valence-electron chi connectivity index (χ0n) is 19.8. The van der Waals surface area contributed by atoms with Crippen molar-refractivity contribution in [2.75, 3.05) is 31.1 Å². The van der Waals surface area contributed by atoms with Crippen LogP contribution in [0, 0.1) is 12.8 Å². The van der Waals surface area contributed by atoms with Crippen LogP contribution in [-0.2, 0) is 11.2 Å². The highest BCUT2D eigenvalue weighted by atomic mass is 35.5. The molecular weight excluding hydrogens is 443 g/mol. The molecule has 0 radical (unpaired) electrons. The maximum absolute atomic E-state index is 12.5. The molecule has 0 aliphatic carbocycles. The molecule has 0 spiro atoms. The van der Waals surface area contributed by atoms with E-state index in [1.54, 1.807) is 6.07 Å². The number of rotatable bonds is 7. The maximum atomic E-state index is 12.5. The van der Waals surface area contributed by atoms with E-state index in [4.69, 9.17) is 33.2 Å². The van der Waals surface area contributed by atoms with Gasteiger partial charge in [-0.1, -0.05) is 57.0 Å². The average molecular weight is 477 g/mol. The van der Waals surface area contributed by atoms with E-state index in [2.05, 4.69) is 39.5 Å². The van der Waals surface area contributed by atoms with E-state index in [0.29, 0.717) is 41.9 Å². The summed E-state index contributed by atoms with van der Waals surface area (Å²) in [5, 5.41) is 1.28. The number of carbonyl (C=O) groups excluding carboxylic acids is 1. The van der Waals surface area contributed by atoms with Gasteiger partial charge in [0.25, 0.3) is 0 Å². The lowest BCUT2D eigenvalue weighted by Gasteiger charge is -2.37. The first-order valence-corrected chi connectivity index (χ1v) is 12.3. The Labute approximate surface area is 202 Å². The van der Waals surface area contributed by atoms with Crippen molar-refractivity contribution in [3.8, 4) is 0 Å². The van der Waals surface area contributed by atoms with Crippen LogP contribution in [0.3, 0.4) is 0 Å². The molecule has 174 valence electrons. The van der Waals surface area contributed by atoms with E-state index in [1.807, 2.05) is 17.0 Å². The molecular formula is C25H34Cl2N4O. The number of aryl methyl sites for hydroxylation is 1. The minimum Gasteiger partial charge on any atom is -0.353 e. The second-order valence-corrected chi connectivity index (χ2v) is 10.0. The van der Waals surface area contributed by atoms with Crippen molar-refractivity contribution in [1.82, 2.24) is 14.9 Å². The minimum absolute atomic E-state index is 0.243. The fraction of sp³-hybridized carbons (Fsp3) is 0.560. The Kier molecular flexibility index (Phi) is 8.40. The number of nitrogens with zero attached hydrogens (tertiary/aromatic N) is 4. The lowest BCUT2D eigenvalue weighted by Crippen LogP contribution is -2.49. The molecule has 1 saturated heterocycles. The molecule has 0 bridgehead atoms. The summed E-state index contributed by atoms with van der Waals surface area (Å²) < 4.78 is 0. The van der Waals surface area contributed by atoms with Crippen molar-refractivity contribution in [2.24, 2.45) is 5.92 Å². The molecule has 1 aliphatic rings. The third-order valence-electron chi connectivity index (χ3n) is 6.16.